The summed E-state index contributed by atoms with van der Waals surface area (Å²) < 4.78 is 0. The van der Waals surface area contributed by atoms with E-state index >= 15 is 0 Å². The maximum Gasteiger partial charge on any atom is 0.0340 e. The first-order chi connectivity index (χ1) is 6.33. The summed E-state index contributed by atoms with van der Waals surface area (Å²) in [6.07, 6.45) is 9.07. The van der Waals surface area contributed by atoms with E-state index in [4.69, 9.17) is 0 Å². The van der Waals surface area contributed by atoms with E-state index in [9.17, 15) is 0 Å². The summed E-state index contributed by atoms with van der Waals surface area (Å²) in [6.45, 7) is 3.08. The van der Waals surface area contributed by atoms with Crippen molar-refractivity contribution in [2.45, 2.75) is 13.3 Å². The third-order valence-electron chi connectivity index (χ3n) is 1.77. The van der Waals surface area contributed by atoms with Crippen LogP contribution in [0.5, 0.6) is 0 Å². The SMILES string of the molecule is CNCCC=Cc1cncc(C)c1. The van der Waals surface area contributed by atoms with Crippen molar-refractivity contribution >= 4 is 6.08 Å². The molecule has 1 aromatic rings. The van der Waals surface area contributed by atoms with Crippen LogP contribution in [0.1, 0.15) is 17.5 Å². The molecule has 0 saturated carbocycles. The molecule has 1 rings (SSSR count). The molecule has 0 radical (unpaired) electrons. The first-order valence-electron chi connectivity index (χ1n) is 4.55. The Morgan fingerprint density at radius 2 is 2.31 bits per heavy atom. The van der Waals surface area contributed by atoms with Crippen molar-refractivity contribution < 1.29 is 0 Å². The van der Waals surface area contributed by atoms with Gasteiger partial charge in [-0.3, -0.25) is 4.98 Å². The van der Waals surface area contributed by atoms with Gasteiger partial charge in [0.05, 0.1) is 0 Å². The quantitative estimate of drug-likeness (QED) is 0.710. The first kappa shape index (κ1) is 9.93. The van der Waals surface area contributed by atoms with Crippen LogP contribution in [-0.2, 0) is 0 Å². The third-order valence-corrected chi connectivity index (χ3v) is 1.77. The number of nitrogens with one attached hydrogen (secondary N) is 1. The van der Waals surface area contributed by atoms with Crippen molar-refractivity contribution in [3.8, 4) is 0 Å². The van der Waals surface area contributed by atoms with Gasteiger partial charge in [-0.05, 0) is 44.1 Å². The van der Waals surface area contributed by atoms with E-state index in [0.717, 1.165) is 13.0 Å². The zero-order chi connectivity index (χ0) is 9.52. The zero-order valence-corrected chi connectivity index (χ0v) is 8.25. The van der Waals surface area contributed by atoms with Crippen LogP contribution in [0.15, 0.2) is 24.5 Å². The zero-order valence-electron chi connectivity index (χ0n) is 8.25. The maximum atomic E-state index is 4.12. The largest absolute Gasteiger partial charge is 0.319 e. The van der Waals surface area contributed by atoms with E-state index in [1.165, 1.54) is 11.1 Å². The van der Waals surface area contributed by atoms with E-state index < -0.39 is 0 Å². The Kier molecular flexibility index (Phi) is 4.19. The molecule has 13 heavy (non-hydrogen) atoms. The Balaban J connectivity index is 2.48. The molecular weight excluding hydrogens is 160 g/mol. The molecular formula is C11H16N2. The van der Waals surface area contributed by atoms with Crippen LogP contribution in [0.3, 0.4) is 0 Å². The number of hydrogen-bond acceptors (Lipinski definition) is 2. The smallest absolute Gasteiger partial charge is 0.0340 e. The molecule has 2 nitrogen and oxygen atoms in total. The summed E-state index contributed by atoms with van der Waals surface area (Å²) >= 11 is 0. The molecule has 2 heteroatoms. The van der Waals surface area contributed by atoms with Crippen LogP contribution < -0.4 is 5.32 Å². The number of pyridine rings is 1. The molecule has 0 unspecified atom stereocenters. The Hall–Kier alpha value is -1.15. The fourth-order valence-corrected chi connectivity index (χ4v) is 1.12. The molecule has 1 aromatic heterocycles. The van der Waals surface area contributed by atoms with Crippen LogP contribution >= 0.6 is 0 Å². The van der Waals surface area contributed by atoms with Crippen molar-refractivity contribution in [3.05, 3.63) is 35.7 Å². The minimum absolute atomic E-state index is 1.02. The molecule has 0 bridgehead atoms. The molecule has 0 spiro atoms. The topological polar surface area (TPSA) is 24.9 Å². The molecule has 0 aliphatic rings. The molecule has 0 aromatic carbocycles. The molecule has 0 atom stereocenters. The van der Waals surface area contributed by atoms with Gasteiger partial charge in [0.15, 0.2) is 0 Å². The van der Waals surface area contributed by atoms with Gasteiger partial charge in [-0.1, -0.05) is 12.2 Å². The highest BCUT2D eigenvalue weighted by molar-refractivity contribution is 5.48. The fraction of sp³-hybridized carbons (Fsp3) is 0.364. The van der Waals surface area contributed by atoms with Gasteiger partial charge in [0.1, 0.15) is 0 Å². The van der Waals surface area contributed by atoms with E-state index in [-0.39, 0.29) is 0 Å². The van der Waals surface area contributed by atoms with Crippen LogP contribution in [0.4, 0.5) is 0 Å². The monoisotopic (exact) mass is 176 g/mol. The van der Waals surface area contributed by atoms with Gasteiger partial charge in [-0.2, -0.15) is 0 Å². The van der Waals surface area contributed by atoms with Crippen molar-refractivity contribution in [1.29, 1.82) is 0 Å². The second kappa shape index (κ2) is 5.49. The van der Waals surface area contributed by atoms with Gasteiger partial charge in [-0.15, -0.1) is 0 Å². The minimum Gasteiger partial charge on any atom is -0.319 e. The normalized spacial score (nSPS) is 10.9. The molecule has 0 aliphatic heterocycles. The predicted octanol–water partition coefficient (Wildman–Crippen LogP) is 2.01. The highest BCUT2D eigenvalue weighted by Crippen LogP contribution is 2.03. The van der Waals surface area contributed by atoms with Crippen LogP contribution in [-0.4, -0.2) is 18.6 Å². The van der Waals surface area contributed by atoms with Crippen molar-refractivity contribution in [2.75, 3.05) is 13.6 Å². The molecule has 1 heterocycles. The van der Waals surface area contributed by atoms with Gasteiger partial charge >= 0.3 is 0 Å². The van der Waals surface area contributed by atoms with Crippen molar-refractivity contribution in [2.24, 2.45) is 0 Å². The summed E-state index contributed by atoms with van der Waals surface area (Å²) in [7, 11) is 1.96. The van der Waals surface area contributed by atoms with E-state index in [2.05, 4.69) is 35.4 Å². The number of hydrogen-bond donors (Lipinski definition) is 1. The maximum absolute atomic E-state index is 4.12. The van der Waals surface area contributed by atoms with Crippen LogP contribution in [0.25, 0.3) is 6.08 Å². The summed E-state index contributed by atoms with van der Waals surface area (Å²) in [5.74, 6) is 0. The molecule has 0 amide bonds. The lowest BCUT2D eigenvalue weighted by molar-refractivity contribution is 0.809. The van der Waals surface area contributed by atoms with Crippen molar-refractivity contribution in [1.82, 2.24) is 10.3 Å². The second-order valence-electron chi connectivity index (χ2n) is 3.09. The van der Waals surface area contributed by atoms with Crippen LogP contribution in [0, 0.1) is 6.92 Å². The summed E-state index contributed by atoms with van der Waals surface area (Å²) in [4.78, 5) is 4.12. The van der Waals surface area contributed by atoms with Gasteiger partial charge in [-0.25, -0.2) is 0 Å². The summed E-state index contributed by atoms with van der Waals surface area (Å²) in [5, 5.41) is 3.10. The van der Waals surface area contributed by atoms with Gasteiger partial charge < -0.3 is 5.32 Å². The third kappa shape index (κ3) is 3.85. The average molecular weight is 176 g/mol. The Morgan fingerprint density at radius 1 is 1.46 bits per heavy atom. The summed E-state index contributed by atoms with van der Waals surface area (Å²) in [5.41, 5.74) is 2.38. The fourth-order valence-electron chi connectivity index (χ4n) is 1.12. The Bertz CT molecular complexity index is 279. The lowest BCUT2D eigenvalue weighted by Crippen LogP contribution is -2.05. The molecule has 0 aliphatic carbocycles. The Morgan fingerprint density at radius 3 is 3.00 bits per heavy atom. The molecule has 70 valence electrons. The van der Waals surface area contributed by atoms with E-state index in [1.807, 2.05) is 19.4 Å². The standard InChI is InChI=1S/C11H16N2/c1-10-7-11(9-13-8-10)5-3-4-6-12-2/h3,5,7-9,12H,4,6H2,1-2H3. The first-order valence-corrected chi connectivity index (χ1v) is 4.55. The highest BCUT2D eigenvalue weighted by Gasteiger charge is 1.87. The number of rotatable bonds is 4. The predicted molar refractivity (Wildman–Crippen MR) is 56.6 cm³/mol. The lowest BCUT2D eigenvalue weighted by Gasteiger charge is -1.95. The number of aromatic nitrogens is 1. The summed E-state index contributed by atoms with van der Waals surface area (Å²) in [6, 6.07) is 2.13. The van der Waals surface area contributed by atoms with Crippen molar-refractivity contribution in [3.63, 3.8) is 0 Å². The highest BCUT2D eigenvalue weighted by atomic mass is 14.8. The molecule has 1 N–H and O–H groups in total. The van der Waals surface area contributed by atoms with E-state index in [0.29, 0.717) is 0 Å². The van der Waals surface area contributed by atoms with E-state index in [1.54, 1.807) is 0 Å². The average Bonchev–Trinajstić information content (AvgIpc) is 2.13. The molecule has 0 fully saturated rings. The van der Waals surface area contributed by atoms with Gasteiger partial charge in [0.2, 0.25) is 0 Å². The second-order valence-corrected chi connectivity index (χ2v) is 3.09. The minimum atomic E-state index is 1.02. The Labute approximate surface area is 79.7 Å². The molecule has 0 saturated heterocycles. The van der Waals surface area contributed by atoms with Gasteiger partial charge in [0, 0.05) is 12.4 Å². The number of aryl methyl sites for hydroxylation is 1. The van der Waals surface area contributed by atoms with Crippen LogP contribution in [0.2, 0.25) is 0 Å². The number of nitrogens with zero attached hydrogens (tertiary/aromatic N) is 1. The lowest BCUT2D eigenvalue weighted by atomic mass is 10.2. The van der Waals surface area contributed by atoms with Gasteiger partial charge in [0.25, 0.3) is 0 Å².